The van der Waals surface area contributed by atoms with Gasteiger partial charge < -0.3 is 9.52 Å². The van der Waals surface area contributed by atoms with Gasteiger partial charge in [-0.3, -0.25) is 14.5 Å². The highest BCUT2D eigenvalue weighted by atomic mass is 16.3. The van der Waals surface area contributed by atoms with Crippen LogP contribution in [0.25, 0.3) is 16.5 Å². The molecule has 1 unspecified atom stereocenters. The van der Waals surface area contributed by atoms with Gasteiger partial charge in [-0.05, 0) is 54.4 Å². The van der Waals surface area contributed by atoms with Crippen molar-refractivity contribution in [3.63, 3.8) is 0 Å². The van der Waals surface area contributed by atoms with Gasteiger partial charge in [0.2, 0.25) is 0 Å². The van der Waals surface area contributed by atoms with Gasteiger partial charge >= 0.3 is 0 Å². The van der Waals surface area contributed by atoms with E-state index in [9.17, 15) is 14.7 Å². The van der Waals surface area contributed by atoms with Crippen LogP contribution in [0.15, 0.2) is 89.0 Å². The van der Waals surface area contributed by atoms with Crippen molar-refractivity contribution in [1.82, 2.24) is 0 Å². The molecule has 1 amide bonds. The lowest BCUT2D eigenvalue weighted by Crippen LogP contribution is -2.30. The summed E-state index contributed by atoms with van der Waals surface area (Å²) in [6.45, 7) is 3.86. The molecule has 1 aliphatic rings. The van der Waals surface area contributed by atoms with Crippen molar-refractivity contribution in [3.8, 4) is 0 Å². The number of furan rings is 1. The number of aliphatic hydroxyl groups excluding tert-OH is 1. The summed E-state index contributed by atoms with van der Waals surface area (Å²) in [5.41, 5.74) is 3.00. The number of benzene rings is 3. The van der Waals surface area contributed by atoms with Crippen LogP contribution in [0.2, 0.25) is 0 Å². The molecule has 5 heteroatoms. The maximum atomic E-state index is 13.2. The number of anilines is 1. The summed E-state index contributed by atoms with van der Waals surface area (Å²) >= 11 is 0. The van der Waals surface area contributed by atoms with E-state index in [0.29, 0.717) is 17.0 Å². The molecule has 4 aromatic rings. The lowest BCUT2D eigenvalue weighted by molar-refractivity contribution is -0.132. The molecule has 0 bridgehead atoms. The summed E-state index contributed by atoms with van der Waals surface area (Å²) < 4.78 is 5.62. The predicted octanol–water partition coefficient (Wildman–Crippen LogP) is 5.68. The molecule has 5 rings (SSSR count). The number of carbonyl (C=O) groups is 2. The molecular weight excluding hydrogens is 402 g/mol. The number of carbonyl (C=O) groups excluding carboxylic acids is 2. The van der Waals surface area contributed by atoms with Gasteiger partial charge in [-0.25, -0.2) is 0 Å². The summed E-state index contributed by atoms with van der Waals surface area (Å²) in [5.74, 6) is -1.24. The Morgan fingerprint density at radius 2 is 1.69 bits per heavy atom. The maximum absolute atomic E-state index is 13.2. The van der Waals surface area contributed by atoms with Gasteiger partial charge in [-0.1, -0.05) is 54.1 Å². The van der Waals surface area contributed by atoms with Gasteiger partial charge in [0.1, 0.15) is 17.6 Å². The molecule has 2 heterocycles. The van der Waals surface area contributed by atoms with Gasteiger partial charge in [0.25, 0.3) is 11.7 Å². The number of hydrogen-bond donors (Lipinski definition) is 1. The van der Waals surface area contributed by atoms with Crippen LogP contribution in [-0.4, -0.2) is 16.8 Å². The third-order valence-electron chi connectivity index (χ3n) is 5.89. The number of Topliss-reactive ketones (excluding diaryl/α,β-unsaturated/α-hetero) is 1. The number of aliphatic hydroxyl groups is 1. The summed E-state index contributed by atoms with van der Waals surface area (Å²) in [7, 11) is 0. The third kappa shape index (κ3) is 3.10. The van der Waals surface area contributed by atoms with Gasteiger partial charge in [-0.15, -0.1) is 0 Å². The van der Waals surface area contributed by atoms with Gasteiger partial charge in [0, 0.05) is 11.3 Å². The first-order valence-corrected chi connectivity index (χ1v) is 10.4. The molecule has 3 aromatic carbocycles. The SMILES string of the molecule is Cc1ccc(N2C(=O)C(=O)/C(=C(\O)c3ccc4ccccc4c3)C2c2ccco2)c(C)c1. The molecule has 1 N–H and O–H groups in total. The van der Waals surface area contributed by atoms with Gasteiger partial charge in [-0.2, -0.15) is 0 Å². The highest BCUT2D eigenvalue weighted by Gasteiger charge is 2.48. The first kappa shape index (κ1) is 19.8. The fourth-order valence-corrected chi connectivity index (χ4v) is 4.36. The van der Waals surface area contributed by atoms with Crippen LogP contribution in [-0.2, 0) is 9.59 Å². The van der Waals surface area contributed by atoms with E-state index >= 15 is 0 Å². The van der Waals surface area contributed by atoms with E-state index in [0.717, 1.165) is 21.9 Å². The molecule has 1 atom stereocenters. The largest absolute Gasteiger partial charge is 0.507 e. The van der Waals surface area contributed by atoms with E-state index in [-0.39, 0.29) is 11.3 Å². The van der Waals surface area contributed by atoms with Crippen molar-refractivity contribution >= 4 is 33.9 Å². The smallest absolute Gasteiger partial charge is 0.300 e. The van der Waals surface area contributed by atoms with Crippen LogP contribution in [0.1, 0.15) is 28.5 Å². The van der Waals surface area contributed by atoms with Crippen LogP contribution in [0.3, 0.4) is 0 Å². The van der Waals surface area contributed by atoms with Crippen molar-refractivity contribution in [2.45, 2.75) is 19.9 Å². The normalized spacial score (nSPS) is 17.9. The zero-order valence-corrected chi connectivity index (χ0v) is 17.7. The second-order valence-electron chi connectivity index (χ2n) is 8.04. The number of aryl methyl sites for hydroxylation is 2. The number of fused-ring (bicyclic) bond motifs is 1. The van der Waals surface area contributed by atoms with Crippen LogP contribution in [0.5, 0.6) is 0 Å². The van der Waals surface area contributed by atoms with E-state index in [4.69, 9.17) is 4.42 Å². The van der Waals surface area contributed by atoms with E-state index in [1.165, 1.54) is 11.2 Å². The first-order valence-electron chi connectivity index (χ1n) is 10.4. The standard InChI is InChI=1S/C27H21NO4/c1-16-9-12-21(17(2)14-16)28-24(22-8-5-13-32-22)23(26(30)27(28)31)25(29)20-11-10-18-6-3-4-7-19(18)15-20/h3-15,24,29H,1-2H3/b25-23-. The summed E-state index contributed by atoms with van der Waals surface area (Å²) in [4.78, 5) is 27.8. The average Bonchev–Trinajstić information content (AvgIpc) is 3.40. The second kappa shape index (κ2) is 7.54. The molecule has 1 fully saturated rings. The van der Waals surface area contributed by atoms with Crippen LogP contribution in [0.4, 0.5) is 5.69 Å². The van der Waals surface area contributed by atoms with Crippen LogP contribution in [0, 0.1) is 13.8 Å². The van der Waals surface area contributed by atoms with E-state index in [1.54, 1.807) is 18.2 Å². The summed E-state index contributed by atoms with van der Waals surface area (Å²) in [5, 5.41) is 13.2. The summed E-state index contributed by atoms with van der Waals surface area (Å²) in [6, 6.07) is 21.4. The van der Waals surface area contributed by atoms with Crippen molar-refractivity contribution in [1.29, 1.82) is 0 Å². The molecule has 0 saturated carbocycles. The Hall–Kier alpha value is -4.12. The van der Waals surface area contributed by atoms with Crippen molar-refractivity contribution < 1.29 is 19.1 Å². The number of hydrogen-bond acceptors (Lipinski definition) is 4. The van der Waals surface area contributed by atoms with Gasteiger partial charge in [0.15, 0.2) is 0 Å². The molecule has 0 aliphatic carbocycles. The molecule has 32 heavy (non-hydrogen) atoms. The number of rotatable bonds is 3. The van der Waals surface area contributed by atoms with E-state index in [1.807, 2.05) is 68.4 Å². The van der Waals surface area contributed by atoms with Crippen LogP contribution >= 0.6 is 0 Å². The van der Waals surface area contributed by atoms with Gasteiger partial charge in [0.05, 0.1) is 11.8 Å². The molecule has 158 valence electrons. The number of amides is 1. The van der Waals surface area contributed by atoms with E-state index in [2.05, 4.69) is 0 Å². The Morgan fingerprint density at radius 3 is 2.41 bits per heavy atom. The average molecular weight is 423 g/mol. The number of nitrogens with zero attached hydrogens (tertiary/aromatic N) is 1. The van der Waals surface area contributed by atoms with Crippen molar-refractivity contribution in [2.24, 2.45) is 0 Å². The molecular formula is C27H21NO4. The minimum atomic E-state index is -0.863. The Balaban J connectivity index is 1.72. The van der Waals surface area contributed by atoms with E-state index < -0.39 is 17.7 Å². The molecule has 0 radical (unpaired) electrons. The first-order chi connectivity index (χ1) is 15.5. The predicted molar refractivity (Wildman–Crippen MR) is 123 cm³/mol. The Bertz CT molecular complexity index is 1400. The molecule has 1 aliphatic heterocycles. The Kier molecular flexibility index (Phi) is 4.67. The fraction of sp³-hybridized carbons (Fsp3) is 0.111. The topological polar surface area (TPSA) is 70.8 Å². The quantitative estimate of drug-likeness (QED) is 0.262. The minimum Gasteiger partial charge on any atom is -0.507 e. The Labute approximate surface area is 185 Å². The molecule has 1 saturated heterocycles. The fourth-order valence-electron chi connectivity index (χ4n) is 4.36. The highest BCUT2D eigenvalue weighted by molar-refractivity contribution is 6.51. The second-order valence-corrected chi connectivity index (χ2v) is 8.04. The minimum absolute atomic E-state index is 0.0141. The van der Waals surface area contributed by atoms with Crippen LogP contribution < -0.4 is 4.90 Å². The monoisotopic (exact) mass is 423 g/mol. The molecule has 0 spiro atoms. The summed E-state index contributed by atoms with van der Waals surface area (Å²) in [6.07, 6.45) is 1.49. The third-order valence-corrected chi connectivity index (χ3v) is 5.89. The molecule has 5 nitrogen and oxygen atoms in total. The van der Waals surface area contributed by atoms with Crippen molar-refractivity contribution in [3.05, 3.63) is 107 Å². The maximum Gasteiger partial charge on any atom is 0.300 e. The molecule has 1 aromatic heterocycles. The Morgan fingerprint density at radius 1 is 0.906 bits per heavy atom. The lowest BCUT2D eigenvalue weighted by atomic mass is 9.97. The zero-order valence-electron chi connectivity index (χ0n) is 17.7. The highest BCUT2D eigenvalue weighted by Crippen LogP contribution is 2.43. The van der Waals surface area contributed by atoms with Crippen molar-refractivity contribution in [2.75, 3.05) is 4.90 Å². The zero-order chi connectivity index (χ0) is 22.4. The number of ketones is 1. The lowest BCUT2D eigenvalue weighted by Gasteiger charge is -2.25.